The van der Waals surface area contributed by atoms with E-state index >= 15 is 0 Å². The Balaban J connectivity index is 1.82. The molecule has 16 heavy (non-hydrogen) atoms. The van der Waals surface area contributed by atoms with Crippen molar-refractivity contribution >= 4 is 5.91 Å². The van der Waals surface area contributed by atoms with Crippen LogP contribution in [0.2, 0.25) is 0 Å². The molecule has 1 aliphatic rings. The fourth-order valence-electron chi connectivity index (χ4n) is 1.82. The molecule has 0 spiro atoms. The Morgan fingerprint density at radius 3 is 3.00 bits per heavy atom. The molecule has 1 aromatic rings. The molecule has 1 fully saturated rings. The van der Waals surface area contributed by atoms with E-state index < -0.39 is 0 Å². The highest BCUT2D eigenvalue weighted by Gasteiger charge is 2.16. The molecule has 0 aliphatic carbocycles. The number of hydrogen-bond donors (Lipinski definition) is 1. The van der Waals surface area contributed by atoms with Gasteiger partial charge in [0.1, 0.15) is 6.54 Å². The number of carbonyl (C=O) groups is 1. The van der Waals surface area contributed by atoms with Gasteiger partial charge in [0, 0.05) is 31.1 Å². The molecule has 0 bridgehead atoms. The largest absolute Gasteiger partial charge is 0.381 e. The minimum Gasteiger partial charge on any atom is -0.381 e. The number of nitrogens with one attached hydrogen (secondary N) is 1. The molecule has 2 rings (SSSR count). The third-order valence-electron chi connectivity index (χ3n) is 2.81. The van der Waals surface area contributed by atoms with Crippen LogP contribution in [0, 0.1) is 6.92 Å². The molecule has 1 saturated heterocycles. The van der Waals surface area contributed by atoms with Crippen molar-refractivity contribution in [1.82, 2.24) is 15.1 Å². The minimum atomic E-state index is 0.0266. The molecule has 88 valence electrons. The van der Waals surface area contributed by atoms with Crippen LogP contribution in [0.5, 0.6) is 0 Å². The van der Waals surface area contributed by atoms with Crippen molar-refractivity contribution in [2.24, 2.45) is 0 Å². The highest BCUT2D eigenvalue weighted by atomic mass is 16.5. The first kappa shape index (κ1) is 11.1. The van der Waals surface area contributed by atoms with E-state index in [9.17, 15) is 4.79 Å². The van der Waals surface area contributed by atoms with Gasteiger partial charge in [0.2, 0.25) is 5.91 Å². The van der Waals surface area contributed by atoms with Crippen molar-refractivity contribution in [2.45, 2.75) is 32.4 Å². The van der Waals surface area contributed by atoms with Crippen LogP contribution in [-0.2, 0) is 16.1 Å². The summed E-state index contributed by atoms with van der Waals surface area (Å²) in [5, 5.41) is 7.08. The Hall–Kier alpha value is -1.36. The molecule has 1 amide bonds. The lowest BCUT2D eigenvalue weighted by Gasteiger charge is -2.23. The summed E-state index contributed by atoms with van der Waals surface area (Å²) in [6, 6.07) is 2.15. The molecule has 5 nitrogen and oxygen atoms in total. The fourth-order valence-corrected chi connectivity index (χ4v) is 1.82. The predicted molar refractivity (Wildman–Crippen MR) is 58.9 cm³/mol. The lowest BCUT2D eigenvalue weighted by molar-refractivity contribution is -0.123. The second-order valence-electron chi connectivity index (χ2n) is 4.08. The van der Waals surface area contributed by atoms with Crippen molar-refractivity contribution in [3.63, 3.8) is 0 Å². The minimum absolute atomic E-state index is 0.0266. The van der Waals surface area contributed by atoms with Gasteiger partial charge in [-0.15, -0.1) is 0 Å². The van der Waals surface area contributed by atoms with E-state index in [1.165, 1.54) is 0 Å². The second kappa shape index (κ2) is 5.12. The van der Waals surface area contributed by atoms with Crippen LogP contribution in [0.15, 0.2) is 12.3 Å². The molecule has 2 heterocycles. The van der Waals surface area contributed by atoms with Gasteiger partial charge in [-0.05, 0) is 25.8 Å². The molecular weight excluding hydrogens is 206 g/mol. The Kier molecular flexibility index (Phi) is 3.56. The van der Waals surface area contributed by atoms with Gasteiger partial charge in [0.25, 0.3) is 0 Å². The van der Waals surface area contributed by atoms with E-state index in [1.54, 1.807) is 10.9 Å². The van der Waals surface area contributed by atoms with Gasteiger partial charge >= 0.3 is 0 Å². The first-order valence-electron chi connectivity index (χ1n) is 5.61. The average Bonchev–Trinajstić information content (AvgIpc) is 2.66. The predicted octanol–water partition coefficient (Wildman–Crippen LogP) is 0.487. The summed E-state index contributed by atoms with van der Waals surface area (Å²) in [5.74, 6) is 0.0266. The SMILES string of the molecule is Cc1ccnn1CC(=O)NC1CCOCC1. The van der Waals surface area contributed by atoms with Gasteiger partial charge in [0.05, 0.1) is 0 Å². The van der Waals surface area contributed by atoms with E-state index in [0.717, 1.165) is 31.7 Å². The van der Waals surface area contributed by atoms with E-state index in [-0.39, 0.29) is 11.9 Å². The maximum Gasteiger partial charge on any atom is 0.241 e. The third-order valence-corrected chi connectivity index (χ3v) is 2.81. The number of carbonyl (C=O) groups excluding carboxylic acids is 1. The first-order valence-corrected chi connectivity index (χ1v) is 5.61. The summed E-state index contributed by atoms with van der Waals surface area (Å²) >= 11 is 0. The Morgan fingerprint density at radius 2 is 2.38 bits per heavy atom. The van der Waals surface area contributed by atoms with Crippen LogP contribution >= 0.6 is 0 Å². The Bertz CT molecular complexity index is 356. The van der Waals surface area contributed by atoms with Gasteiger partial charge in [-0.2, -0.15) is 5.10 Å². The maximum absolute atomic E-state index is 11.7. The quantitative estimate of drug-likeness (QED) is 0.811. The van der Waals surface area contributed by atoms with E-state index in [2.05, 4.69) is 10.4 Å². The molecule has 0 unspecified atom stereocenters. The molecule has 1 aliphatic heterocycles. The number of rotatable bonds is 3. The van der Waals surface area contributed by atoms with Gasteiger partial charge in [-0.1, -0.05) is 0 Å². The first-order chi connectivity index (χ1) is 7.75. The van der Waals surface area contributed by atoms with Crippen LogP contribution in [0.25, 0.3) is 0 Å². The number of hydrogen-bond acceptors (Lipinski definition) is 3. The zero-order chi connectivity index (χ0) is 11.4. The maximum atomic E-state index is 11.7. The number of aryl methyl sites for hydroxylation is 1. The van der Waals surface area contributed by atoms with Crippen LogP contribution in [0.4, 0.5) is 0 Å². The monoisotopic (exact) mass is 223 g/mol. The van der Waals surface area contributed by atoms with Gasteiger partial charge in [0.15, 0.2) is 0 Å². The molecule has 0 saturated carbocycles. The van der Waals surface area contributed by atoms with Gasteiger partial charge in [-0.25, -0.2) is 0 Å². The number of ether oxygens (including phenoxy) is 1. The van der Waals surface area contributed by atoms with Crippen molar-refractivity contribution < 1.29 is 9.53 Å². The van der Waals surface area contributed by atoms with Crippen LogP contribution in [0.3, 0.4) is 0 Å². The van der Waals surface area contributed by atoms with E-state index in [0.29, 0.717) is 6.54 Å². The normalized spacial score (nSPS) is 17.3. The number of amides is 1. The molecule has 0 aromatic carbocycles. The average molecular weight is 223 g/mol. The Morgan fingerprint density at radius 1 is 1.62 bits per heavy atom. The second-order valence-corrected chi connectivity index (χ2v) is 4.08. The summed E-state index contributed by atoms with van der Waals surface area (Å²) in [5.41, 5.74) is 1.00. The lowest BCUT2D eigenvalue weighted by atomic mass is 10.1. The Labute approximate surface area is 94.8 Å². The van der Waals surface area contributed by atoms with Crippen molar-refractivity contribution in [2.75, 3.05) is 13.2 Å². The number of nitrogens with zero attached hydrogens (tertiary/aromatic N) is 2. The van der Waals surface area contributed by atoms with Crippen molar-refractivity contribution in [1.29, 1.82) is 0 Å². The molecule has 5 heteroatoms. The summed E-state index contributed by atoms with van der Waals surface area (Å²) in [6.45, 7) is 3.72. The van der Waals surface area contributed by atoms with E-state index in [4.69, 9.17) is 4.74 Å². The summed E-state index contributed by atoms with van der Waals surface area (Å²) in [7, 11) is 0. The van der Waals surface area contributed by atoms with Gasteiger partial charge < -0.3 is 10.1 Å². The highest BCUT2D eigenvalue weighted by Crippen LogP contribution is 2.06. The van der Waals surface area contributed by atoms with Crippen LogP contribution in [0.1, 0.15) is 18.5 Å². The zero-order valence-corrected chi connectivity index (χ0v) is 9.48. The van der Waals surface area contributed by atoms with Crippen LogP contribution < -0.4 is 5.32 Å². The molecule has 0 radical (unpaired) electrons. The third kappa shape index (κ3) is 2.82. The van der Waals surface area contributed by atoms with E-state index in [1.807, 2.05) is 13.0 Å². The van der Waals surface area contributed by atoms with Crippen LogP contribution in [-0.4, -0.2) is 34.9 Å². The molecule has 1 N–H and O–H groups in total. The molecular formula is C11H17N3O2. The zero-order valence-electron chi connectivity index (χ0n) is 9.48. The fraction of sp³-hybridized carbons (Fsp3) is 0.636. The van der Waals surface area contributed by atoms with Crippen molar-refractivity contribution in [3.8, 4) is 0 Å². The summed E-state index contributed by atoms with van der Waals surface area (Å²) < 4.78 is 6.94. The standard InChI is InChI=1S/C11H17N3O2/c1-9-2-5-12-14(9)8-11(15)13-10-3-6-16-7-4-10/h2,5,10H,3-4,6-8H2,1H3,(H,13,15). The van der Waals surface area contributed by atoms with Crippen molar-refractivity contribution in [3.05, 3.63) is 18.0 Å². The summed E-state index contributed by atoms with van der Waals surface area (Å²) in [6.07, 6.45) is 3.52. The van der Waals surface area contributed by atoms with Gasteiger partial charge in [-0.3, -0.25) is 9.48 Å². The highest BCUT2D eigenvalue weighted by molar-refractivity contribution is 5.76. The number of aromatic nitrogens is 2. The molecule has 0 atom stereocenters. The summed E-state index contributed by atoms with van der Waals surface area (Å²) in [4.78, 5) is 11.7. The molecule has 1 aromatic heterocycles. The smallest absolute Gasteiger partial charge is 0.241 e. The topological polar surface area (TPSA) is 56.2 Å². The lowest BCUT2D eigenvalue weighted by Crippen LogP contribution is -2.40.